The van der Waals surface area contributed by atoms with E-state index in [1.54, 1.807) is 6.92 Å². The van der Waals surface area contributed by atoms with Gasteiger partial charge in [-0.1, -0.05) is 46.3 Å². The van der Waals surface area contributed by atoms with Gasteiger partial charge < -0.3 is 64.9 Å². The summed E-state index contributed by atoms with van der Waals surface area (Å²) in [6.45, 7) is 11.7. The number of rotatable bonds is 6. The molecule has 15 nitrogen and oxygen atoms in total. The quantitative estimate of drug-likeness (QED) is 0.103. The first kappa shape index (κ1) is 42.4. The van der Waals surface area contributed by atoms with Gasteiger partial charge in [-0.2, -0.15) is 0 Å². The van der Waals surface area contributed by atoms with Crippen molar-refractivity contribution in [3.8, 4) is 0 Å². The molecule has 19 atom stereocenters. The molecule has 9 N–H and O–H groups in total. The van der Waals surface area contributed by atoms with Gasteiger partial charge in [0.15, 0.2) is 6.29 Å². The van der Waals surface area contributed by atoms with Gasteiger partial charge in [-0.15, -0.1) is 0 Å². The molecule has 15 heteroatoms. The third-order valence-electron chi connectivity index (χ3n) is 17.0. The molecule has 0 spiro atoms. The molecule has 5 aliphatic carbocycles. The van der Waals surface area contributed by atoms with Crippen LogP contribution in [0, 0.1) is 50.2 Å². The van der Waals surface area contributed by atoms with Crippen LogP contribution in [0.3, 0.4) is 0 Å². The molecular formula is C41H64O15. The number of fused-ring (bicyclic) bond motifs is 7. The fourth-order valence-corrected chi connectivity index (χ4v) is 13.3. The molecule has 7 aliphatic rings. The predicted octanol–water partition coefficient (Wildman–Crippen LogP) is 0.991. The normalized spacial score (nSPS) is 54.0. The van der Waals surface area contributed by atoms with Gasteiger partial charge in [0.1, 0.15) is 48.1 Å². The Morgan fingerprint density at radius 1 is 0.804 bits per heavy atom. The maximum absolute atomic E-state index is 14.6. The second kappa shape index (κ2) is 14.2. The first-order valence-electron chi connectivity index (χ1n) is 20.5. The number of aliphatic hydroxyl groups is 8. The summed E-state index contributed by atoms with van der Waals surface area (Å²) >= 11 is 0. The first-order chi connectivity index (χ1) is 26.0. The minimum Gasteiger partial charge on any atom is -0.481 e. The van der Waals surface area contributed by atoms with Gasteiger partial charge in [0.05, 0.1) is 30.8 Å². The molecule has 0 radical (unpaired) electrons. The lowest BCUT2D eigenvalue weighted by atomic mass is 9.33. The lowest BCUT2D eigenvalue weighted by molar-refractivity contribution is -0.308. The second-order valence-corrected chi connectivity index (χ2v) is 20.1. The van der Waals surface area contributed by atoms with E-state index in [9.17, 15) is 55.5 Å². The maximum atomic E-state index is 14.6. The smallest absolute Gasteiger partial charge is 0.317 e. The summed E-state index contributed by atoms with van der Waals surface area (Å²) in [4.78, 5) is 28.0. The molecule has 0 aromatic heterocycles. The number of aliphatic carboxylic acids is 1. The summed E-state index contributed by atoms with van der Waals surface area (Å²) in [7, 11) is 0. The monoisotopic (exact) mass is 796 g/mol. The van der Waals surface area contributed by atoms with E-state index in [1.165, 1.54) is 0 Å². The molecule has 318 valence electrons. The minimum absolute atomic E-state index is 0.00650. The van der Waals surface area contributed by atoms with Crippen molar-refractivity contribution in [3.63, 3.8) is 0 Å². The van der Waals surface area contributed by atoms with Crippen LogP contribution in [0.4, 0.5) is 0 Å². The number of ether oxygens (including phenoxy) is 4. The van der Waals surface area contributed by atoms with Crippen LogP contribution < -0.4 is 0 Å². The average Bonchev–Trinajstić information content (AvgIpc) is 3.13. The van der Waals surface area contributed by atoms with Crippen molar-refractivity contribution in [2.24, 2.45) is 50.2 Å². The summed E-state index contributed by atoms with van der Waals surface area (Å²) in [6.07, 6.45) is -8.96. The summed E-state index contributed by atoms with van der Waals surface area (Å²) in [5, 5.41) is 95.7. The molecule has 56 heavy (non-hydrogen) atoms. The molecule has 4 saturated carbocycles. The average molecular weight is 797 g/mol. The van der Waals surface area contributed by atoms with E-state index in [0.29, 0.717) is 51.4 Å². The highest BCUT2D eigenvalue weighted by Crippen LogP contribution is 2.76. The standard InChI is InChI=1S/C41H64O15/c1-36(2)13-14-41(35(52)56-33-31(49)29(47)28(46)22(17-42)54-33)20(15-36)19-7-8-23-37(3)11-10-26(55-32-30(48)27(45)21(43)18-53-32)40(6,34(50)51)24(37)9-12-38(23,4)39(19,5)16-25(41)44/h7,20-33,42-49H,8-18H2,1-6H3,(H,50,51)/t20-,21+,22+,23+,24+,25+,26-,27-,28+,29-,30+,31+,32-,33-,37+,38+,39+,40-,41+/m0/s1. The van der Waals surface area contributed by atoms with Crippen molar-refractivity contribution in [2.75, 3.05) is 13.2 Å². The van der Waals surface area contributed by atoms with E-state index in [-0.39, 0.29) is 30.3 Å². The van der Waals surface area contributed by atoms with Crippen molar-refractivity contribution < 1.29 is 74.5 Å². The molecule has 0 unspecified atom stereocenters. The van der Waals surface area contributed by atoms with E-state index in [0.717, 1.165) is 5.57 Å². The Morgan fingerprint density at radius 3 is 2.14 bits per heavy atom. The highest BCUT2D eigenvalue weighted by Gasteiger charge is 2.73. The number of carbonyl (C=O) groups excluding carboxylic acids is 1. The lowest BCUT2D eigenvalue weighted by Crippen LogP contribution is -2.69. The number of hydrogen-bond donors (Lipinski definition) is 9. The van der Waals surface area contributed by atoms with Gasteiger partial charge in [-0.05, 0) is 104 Å². The minimum atomic E-state index is -1.78. The van der Waals surface area contributed by atoms with Crippen LogP contribution in [0.25, 0.3) is 0 Å². The van der Waals surface area contributed by atoms with E-state index < -0.39 is 119 Å². The number of allylic oxidation sites excluding steroid dienone is 2. The van der Waals surface area contributed by atoms with Gasteiger partial charge in [0, 0.05) is 0 Å². The van der Waals surface area contributed by atoms with Gasteiger partial charge in [-0.25, -0.2) is 0 Å². The van der Waals surface area contributed by atoms with Crippen molar-refractivity contribution in [3.05, 3.63) is 11.6 Å². The molecule has 0 aromatic carbocycles. The first-order valence-corrected chi connectivity index (χ1v) is 20.5. The van der Waals surface area contributed by atoms with Crippen LogP contribution in [0.2, 0.25) is 0 Å². The Morgan fingerprint density at radius 2 is 1.48 bits per heavy atom. The number of aliphatic hydroxyl groups excluding tert-OH is 8. The number of esters is 1. The number of carboxylic acid groups (broad SMARTS) is 1. The Balaban J connectivity index is 1.21. The number of carbonyl (C=O) groups is 2. The van der Waals surface area contributed by atoms with E-state index in [4.69, 9.17) is 18.9 Å². The third kappa shape index (κ3) is 5.92. The highest BCUT2D eigenvalue weighted by molar-refractivity contribution is 5.80. The van der Waals surface area contributed by atoms with Crippen molar-refractivity contribution in [1.29, 1.82) is 0 Å². The van der Waals surface area contributed by atoms with Gasteiger partial charge >= 0.3 is 11.9 Å². The molecule has 6 fully saturated rings. The van der Waals surface area contributed by atoms with E-state index in [2.05, 4.69) is 40.7 Å². The molecule has 0 bridgehead atoms. The zero-order valence-corrected chi connectivity index (χ0v) is 33.4. The lowest BCUT2D eigenvalue weighted by Gasteiger charge is -2.71. The molecule has 2 heterocycles. The Kier molecular flexibility index (Phi) is 10.7. The van der Waals surface area contributed by atoms with Crippen LogP contribution in [0.1, 0.15) is 99.3 Å². The molecular weight excluding hydrogens is 732 g/mol. The van der Waals surface area contributed by atoms with Crippen LogP contribution in [0.15, 0.2) is 11.6 Å². The zero-order chi connectivity index (χ0) is 41.1. The Labute approximate surface area is 328 Å². The third-order valence-corrected chi connectivity index (χ3v) is 17.0. The highest BCUT2D eigenvalue weighted by atomic mass is 16.7. The Bertz CT molecular complexity index is 1570. The summed E-state index contributed by atoms with van der Waals surface area (Å²) in [5.74, 6) is -2.57. The Hall–Kier alpha value is -1.76. The topological polar surface area (TPSA) is 253 Å². The molecule has 7 rings (SSSR count). The van der Waals surface area contributed by atoms with Crippen LogP contribution >= 0.6 is 0 Å². The number of hydrogen-bond acceptors (Lipinski definition) is 14. The van der Waals surface area contributed by atoms with Crippen molar-refractivity contribution >= 4 is 11.9 Å². The van der Waals surface area contributed by atoms with Crippen molar-refractivity contribution in [2.45, 2.75) is 167 Å². The second-order valence-electron chi connectivity index (χ2n) is 20.1. The van der Waals surface area contributed by atoms with Crippen LogP contribution in [0.5, 0.6) is 0 Å². The molecule has 2 saturated heterocycles. The fourth-order valence-electron chi connectivity index (χ4n) is 13.3. The van der Waals surface area contributed by atoms with E-state index >= 15 is 0 Å². The van der Waals surface area contributed by atoms with Gasteiger partial charge in [0.25, 0.3) is 0 Å². The molecule has 2 aliphatic heterocycles. The summed E-state index contributed by atoms with van der Waals surface area (Å²) in [5.41, 5.74) is -3.40. The number of carboxylic acids is 1. The molecule has 0 aromatic rings. The molecule has 0 amide bonds. The zero-order valence-electron chi connectivity index (χ0n) is 33.4. The van der Waals surface area contributed by atoms with Gasteiger partial charge in [0.2, 0.25) is 6.29 Å². The fraction of sp³-hybridized carbons (Fsp3) is 0.902. The van der Waals surface area contributed by atoms with Crippen LogP contribution in [-0.2, 0) is 28.5 Å². The summed E-state index contributed by atoms with van der Waals surface area (Å²) in [6, 6.07) is 0. The maximum Gasteiger partial charge on any atom is 0.317 e. The summed E-state index contributed by atoms with van der Waals surface area (Å²) < 4.78 is 23.2. The van der Waals surface area contributed by atoms with Gasteiger partial charge in [-0.3, -0.25) is 9.59 Å². The van der Waals surface area contributed by atoms with Crippen LogP contribution in [-0.4, -0.2) is 139 Å². The van der Waals surface area contributed by atoms with E-state index in [1.807, 2.05) is 0 Å². The predicted molar refractivity (Wildman–Crippen MR) is 195 cm³/mol. The SMILES string of the molecule is CC1(C)CC[C@]2(C(=O)O[C@@H]3O[C@H](CO)[C@@H](O)[C@H](O)[C@H]3O)[C@H](O)C[C@]3(C)C(=CC[C@@H]4[C@@]5(C)CC[C@H](O[C@@H]6OC[C@@H](O)[C@H](O)[C@H]6O)[C@@](C)(C(=O)O)[C@@H]5CC[C@]43C)[C@@H]2C1. The van der Waals surface area contributed by atoms with Crippen molar-refractivity contribution in [1.82, 2.24) is 0 Å². The largest absolute Gasteiger partial charge is 0.481 e.